The maximum absolute atomic E-state index is 12.4. The maximum Gasteiger partial charge on any atom is 0.424 e. The number of aliphatic hydroxyl groups is 1. The van der Waals surface area contributed by atoms with E-state index in [0.717, 1.165) is 6.20 Å². The molecule has 82 valence electrons. The molecule has 1 aromatic rings. The summed E-state index contributed by atoms with van der Waals surface area (Å²) >= 11 is 0. The van der Waals surface area contributed by atoms with Crippen LogP contribution in [0.3, 0.4) is 0 Å². The summed E-state index contributed by atoms with van der Waals surface area (Å²) in [6.07, 6.45) is -4.06. The summed E-state index contributed by atoms with van der Waals surface area (Å²) in [7, 11) is 0. The van der Waals surface area contributed by atoms with Crippen molar-refractivity contribution in [1.29, 1.82) is 0 Å². The number of halogens is 3. The molecule has 0 aliphatic heterocycles. The van der Waals surface area contributed by atoms with Crippen LogP contribution in [0.4, 0.5) is 18.9 Å². The molecule has 0 unspecified atom stereocenters. The Hall–Kier alpha value is -1.70. The molecule has 0 fully saturated rings. The molecule has 0 amide bonds. The summed E-state index contributed by atoms with van der Waals surface area (Å²) in [5, 5.41) is 18.9. The second-order valence-electron chi connectivity index (χ2n) is 2.56. The minimum Gasteiger partial charge on any atom is -0.390 e. The number of rotatable bonds is 2. The number of pyridine rings is 1. The number of aromatic nitrogens is 1. The van der Waals surface area contributed by atoms with Crippen LogP contribution in [0.25, 0.3) is 0 Å². The minimum absolute atomic E-state index is 0.641. The van der Waals surface area contributed by atoms with Gasteiger partial charge in [0.15, 0.2) is 5.56 Å². The fraction of sp³-hybridized carbons (Fsp3) is 0.286. The SMILES string of the molecule is O=[N+]([O-])c1ccnc(CO)c1C(F)(F)F. The van der Waals surface area contributed by atoms with Crippen LogP contribution >= 0.6 is 0 Å². The number of hydrogen-bond donors (Lipinski definition) is 1. The maximum atomic E-state index is 12.4. The van der Waals surface area contributed by atoms with Gasteiger partial charge in [0, 0.05) is 12.3 Å². The van der Waals surface area contributed by atoms with Gasteiger partial charge in [-0.3, -0.25) is 15.1 Å². The van der Waals surface area contributed by atoms with E-state index in [-0.39, 0.29) is 0 Å². The smallest absolute Gasteiger partial charge is 0.390 e. The molecule has 5 nitrogen and oxygen atoms in total. The van der Waals surface area contributed by atoms with Gasteiger partial charge in [-0.15, -0.1) is 0 Å². The van der Waals surface area contributed by atoms with Crippen LogP contribution in [-0.2, 0) is 12.8 Å². The van der Waals surface area contributed by atoms with Crippen LogP contribution in [-0.4, -0.2) is 15.0 Å². The summed E-state index contributed by atoms with van der Waals surface area (Å²) in [6.45, 7) is -1.00. The number of nitro groups is 1. The Labute approximate surface area is 81.3 Å². The van der Waals surface area contributed by atoms with E-state index in [0.29, 0.717) is 6.07 Å². The predicted octanol–water partition coefficient (Wildman–Crippen LogP) is 1.50. The van der Waals surface area contributed by atoms with Crippen LogP contribution in [0.1, 0.15) is 11.3 Å². The van der Waals surface area contributed by atoms with Crippen molar-refractivity contribution in [2.45, 2.75) is 12.8 Å². The summed E-state index contributed by atoms with van der Waals surface area (Å²) in [4.78, 5) is 12.4. The zero-order valence-corrected chi connectivity index (χ0v) is 7.15. The number of hydrogen-bond acceptors (Lipinski definition) is 4. The van der Waals surface area contributed by atoms with Crippen LogP contribution < -0.4 is 0 Å². The molecule has 8 heteroatoms. The van der Waals surface area contributed by atoms with E-state index < -0.39 is 34.7 Å². The molecule has 1 rings (SSSR count). The first kappa shape index (κ1) is 11.4. The third-order valence-electron chi connectivity index (χ3n) is 1.64. The quantitative estimate of drug-likeness (QED) is 0.607. The highest BCUT2D eigenvalue weighted by molar-refractivity contribution is 5.43. The van der Waals surface area contributed by atoms with Crippen molar-refractivity contribution in [1.82, 2.24) is 4.98 Å². The monoisotopic (exact) mass is 222 g/mol. The summed E-state index contributed by atoms with van der Waals surface area (Å²) in [5.41, 5.74) is -3.37. The molecule has 0 spiro atoms. The Morgan fingerprint density at radius 2 is 2.13 bits per heavy atom. The van der Waals surface area contributed by atoms with Crippen molar-refractivity contribution in [3.05, 3.63) is 33.6 Å². The van der Waals surface area contributed by atoms with E-state index in [2.05, 4.69) is 4.98 Å². The molecule has 15 heavy (non-hydrogen) atoms. The van der Waals surface area contributed by atoms with E-state index in [1.165, 1.54) is 0 Å². The summed E-state index contributed by atoms with van der Waals surface area (Å²) < 4.78 is 37.2. The topological polar surface area (TPSA) is 76.3 Å². The van der Waals surface area contributed by atoms with Crippen molar-refractivity contribution in [2.75, 3.05) is 0 Å². The second-order valence-corrected chi connectivity index (χ2v) is 2.56. The Kier molecular flexibility index (Phi) is 2.89. The normalized spacial score (nSPS) is 11.5. The first-order valence-electron chi connectivity index (χ1n) is 3.68. The molecular weight excluding hydrogens is 217 g/mol. The van der Waals surface area contributed by atoms with Gasteiger partial charge in [-0.2, -0.15) is 13.2 Å². The highest BCUT2D eigenvalue weighted by atomic mass is 19.4. The van der Waals surface area contributed by atoms with E-state index >= 15 is 0 Å². The van der Waals surface area contributed by atoms with Gasteiger partial charge in [-0.05, 0) is 0 Å². The Bertz CT molecular complexity index is 392. The zero-order valence-electron chi connectivity index (χ0n) is 7.15. The van der Waals surface area contributed by atoms with Gasteiger partial charge >= 0.3 is 6.18 Å². The van der Waals surface area contributed by atoms with Gasteiger partial charge in [0.25, 0.3) is 5.69 Å². The molecule has 0 atom stereocenters. The van der Waals surface area contributed by atoms with Crippen LogP contribution in [0, 0.1) is 10.1 Å². The summed E-state index contributed by atoms with van der Waals surface area (Å²) in [5.74, 6) is 0. The lowest BCUT2D eigenvalue weighted by molar-refractivity contribution is -0.388. The van der Waals surface area contributed by atoms with Gasteiger partial charge in [-0.1, -0.05) is 0 Å². The fourth-order valence-electron chi connectivity index (χ4n) is 1.07. The molecule has 1 aromatic heterocycles. The van der Waals surface area contributed by atoms with Crippen molar-refractivity contribution in [3.63, 3.8) is 0 Å². The summed E-state index contributed by atoms with van der Waals surface area (Å²) in [6, 6.07) is 0.641. The molecule has 0 saturated heterocycles. The average Bonchev–Trinajstić information content (AvgIpc) is 2.15. The van der Waals surface area contributed by atoms with Crippen molar-refractivity contribution in [3.8, 4) is 0 Å². The number of nitrogens with zero attached hydrogens (tertiary/aromatic N) is 2. The van der Waals surface area contributed by atoms with Crippen molar-refractivity contribution in [2.24, 2.45) is 0 Å². The molecule has 1 heterocycles. The average molecular weight is 222 g/mol. The van der Waals surface area contributed by atoms with E-state index in [9.17, 15) is 23.3 Å². The highest BCUT2D eigenvalue weighted by Gasteiger charge is 2.41. The van der Waals surface area contributed by atoms with E-state index in [1.807, 2.05) is 0 Å². The molecule has 0 bridgehead atoms. The molecule has 0 aromatic carbocycles. The second kappa shape index (κ2) is 3.81. The van der Waals surface area contributed by atoms with E-state index in [4.69, 9.17) is 5.11 Å². The zero-order chi connectivity index (χ0) is 11.6. The number of aliphatic hydroxyl groups excluding tert-OH is 1. The van der Waals surface area contributed by atoms with Crippen molar-refractivity contribution >= 4 is 5.69 Å². The molecular formula is C7H5F3N2O3. The van der Waals surface area contributed by atoms with Gasteiger partial charge in [0.2, 0.25) is 0 Å². The lowest BCUT2D eigenvalue weighted by Crippen LogP contribution is -2.14. The minimum atomic E-state index is -4.91. The first-order chi connectivity index (χ1) is 6.88. The first-order valence-corrected chi connectivity index (χ1v) is 3.68. The lowest BCUT2D eigenvalue weighted by atomic mass is 10.1. The largest absolute Gasteiger partial charge is 0.424 e. The van der Waals surface area contributed by atoms with Gasteiger partial charge in [0.05, 0.1) is 17.2 Å². The molecule has 0 aliphatic rings. The Morgan fingerprint density at radius 1 is 1.53 bits per heavy atom. The lowest BCUT2D eigenvalue weighted by Gasteiger charge is -2.09. The van der Waals surface area contributed by atoms with E-state index in [1.54, 1.807) is 0 Å². The standard InChI is InChI=1S/C7H5F3N2O3/c8-7(9,10)6-4(3-13)11-2-1-5(6)12(14)15/h1-2,13H,3H2. The predicted molar refractivity (Wildman–Crippen MR) is 41.8 cm³/mol. The third kappa shape index (κ3) is 2.21. The molecule has 0 radical (unpaired) electrons. The molecule has 0 saturated carbocycles. The molecule has 0 aliphatic carbocycles. The molecule has 1 N–H and O–H groups in total. The number of alkyl halides is 3. The Morgan fingerprint density at radius 3 is 2.53 bits per heavy atom. The van der Waals surface area contributed by atoms with Crippen LogP contribution in [0.5, 0.6) is 0 Å². The van der Waals surface area contributed by atoms with Gasteiger partial charge in [0.1, 0.15) is 0 Å². The third-order valence-corrected chi connectivity index (χ3v) is 1.64. The van der Waals surface area contributed by atoms with Crippen molar-refractivity contribution < 1.29 is 23.2 Å². The van der Waals surface area contributed by atoms with Gasteiger partial charge < -0.3 is 5.11 Å². The van der Waals surface area contributed by atoms with Crippen LogP contribution in [0.2, 0.25) is 0 Å². The van der Waals surface area contributed by atoms with Gasteiger partial charge in [-0.25, -0.2) is 0 Å². The van der Waals surface area contributed by atoms with Crippen LogP contribution in [0.15, 0.2) is 12.3 Å². The fourth-order valence-corrected chi connectivity index (χ4v) is 1.07. The Balaban J connectivity index is 3.47. The highest BCUT2D eigenvalue weighted by Crippen LogP contribution is 2.37.